The molecule has 0 spiro atoms. The molecule has 1 aromatic heterocycles. The van der Waals surface area contributed by atoms with Gasteiger partial charge in [-0.15, -0.1) is 0 Å². The number of fused-ring (bicyclic) bond motifs is 2. The summed E-state index contributed by atoms with van der Waals surface area (Å²) in [6, 6.07) is 5.93. The Bertz CT molecular complexity index is 827. The van der Waals surface area contributed by atoms with Crippen LogP contribution in [0.25, 0.3) is 10.9 Å². The van der Waals surface area contributed by atoms with E-state index >= 15 is 0 Å². The van der Waals surface area contributed by atoms with E-state index in [9.17, 15) is 9.59 Å². The van der Waals surface area contributed by atoms with Crippen molar-refractivity contribution in [2.75, 3.05) is 6.61 Å². The topological polar surface area (TPSA) is 68.3 Å². The van der Waals surface area contributed by atoms with E-state index in [2.05, 4.69) is 5.32 Å². The van der Waals surface area contributed by atoms with Crippen molar-refractivity contribution >= 4 is 22.8 Å². The summed E-state index contributed by atoms with van der Waals surface area (Å²) in [5.74, 6) is -0.721. The van der Waals surface area contributed by atoms with E-state index in [1.807, 2.05) is 39.0 Å². The summed E-state index contributed by atoms with van der Waals surface area (Å²) in [4.78, 5) is 29.3. The molecule has 132 valence electrons. The first-order valence-corrected chi connectivity index (χ1v) is 8.84. The lowest BCUT2D eigenvalue weighted by Crippen LogP contribution is -2.34. The number of aryl methyl sites for hydroxylation is 2. The number of nitrogens with one attached hydrogen (secondary N) is 1. The lowest BCUT2D eigenvalue weighted by atomic mass is 9.89. The van der Waals surface area contributed by atoms with Crippen molar-refractivity contribution in [3.63, 3.8) is 0 Å². The highest BCUT2D eigenvalue weighted by atomic mass is 16.5. The Labute approximate surface area is 147 Å². The predicted molar refractivity (Wildman–Crippen MR) is 96.7 cm³/mol. The summed E-state index contributed by atoms with van der Waals surface area (Å²) in [6.07, 6.45) is 3.84. The summed E-state index contributed by atoms with van der Waals surface area (Å²) in [7, 11) is 0. The van der Waals surface area contributed by atoms with Crippen LogP contribution in [0.3, 0.4) is 0 Å². The molecule has 5 heteroatoms. The van der Waals surface area contributed by atoms with Crippen molar-refractivity contribution in [3.05, 3.63) is 40.6 Å². The average molecular weight is 340 g/mol. The molecule has 5 nitrogen and oxygen atoms in total. The number of hydrogen-bond donors (Lipinski definition) is 1. The number of aromatic nitrogens is 1. The third-order valence-corrected chi connectivity index (χ3v) is 4.41. The van der Waals surface area contributed by atoms with Crippen molar-refractivity contribution < 1.29 is 14.3 Å². The van der Waals surface area contributed by atoms with Crippen molar-refractivity contribution in [3.8, 4) is 0 Å². The molecule has 1 aliphatic carbocycles. The van der Waals surface area contributed by atoms with Crippen molar-refractivity contribution in [2.24, 2.45) is 0 Å². The number of rotatable bonds is 4. The molecule has 0 radical (unpaired) electrons. The van der Waals surface area contributed by atoms with Gasteiger partial charge in [0.2, 0.25) is 0 Å². The molecule has 1 amide bonds. The van der Waals surface area contributed by atoms with E-state index in [0.29, 0.717) is 5.56 Å². The van der Waals surface area contributed by atoms with E-state index < -0.39 is 5.97 Å². The molecule has 1 N–H and O–H groups in total. The van der Waals surface area contributed by atoms with Gasteiger partial charge in [0.05, 0.1) is 11.1 Å². The minimum atomic E-state index is -0.435. The van der Waals surface area contributed by atoms with Crippen LogP contribution in [-0.2, 0) is 22.4 Å². The Balaban J connectivity index is 1.97. The zero-order chi connectivity index (χ0) is 18.0. The zero-order valence-corrected chi connectivity index (χ0v) is 15.0. The highest BCUT2D eigenvalue weighted by Crippen LogP contribution is 2.30. The molecule has 25 heavy (non-hydrogen) atoms. The maximum absolute atomic E-state index is 12.8. The molecule has 3 rings (SSSR count). The lowest BCUT2D eigenvalue weighted by molar-refractivity contribution is -0.124. The molecule has 0 aliphatic heterocycles. The summed E-state index contributed by atoms with van der Waals surface area (Å²) < 4.78 is 5.33. The van der Waals surface area contributed by atoms with Crippen molar-refractivity contribution in [1.29, 1.82) is 0 Å². The van der Waals surface area contributed by atoms with Crippen LogP contribution >= 0.6 is 0 Å². The second kappa shape index (κ2) is 7.21. The largest absolute Gasteiger partial charge is 0.452 e. The highest BCUT2D eigenvalue weighted by molar-refractivity contribution is 6.05. The average Bonchev–Trinajstić information content (AvgIpc) is 2.57. The fourth-order valence-corrected chi connectivity index (χ4v) is 3.34. The number of carbonyl (C=O) groups excluding carboxylic acids is 2. The fourth-order valence-electron chi connectivity index (χ4n) is 3.34. The van der Waals surface area contributed by atoms with E-state index in [-0.39, 0.29) is 18.6 Å². The van der Waals surface area contributed by atoms with Crippen LogP contribution in [0, 0.1) is 6.92 Å². The van der Waals surface area contributed by atoms with Gasteiger partial charge in [-0.05, 0) is 64.2 Å². The number of benzene rings is 1. The molecule has 2 aromatic rings. The number of amides is 1. The molecule has 0 saturated carbocycles. The number of nitrogens with zero attached hydrogens (tertiary/aromatic N) is 1. The number of pyridine rings is 1. The third-order valence-electron chi connectivity index (χ3n) is 4.41. The number of esters is 1. The molecule has 1 aromatic carbocycles. The van der Waals surface area contributed by atoms with Gasteiger partial charge in [0.15, 0.2) is 6.61 Å². The van der Waals surface area contributed by atoms with Crippen LogP contribution < -0.4 is 5.32 Å². The quantitative estimate of drug-likeness (QED) is 0.869. The Kier molecular flexibility index (Phi) is 5.02. The first-order valence-electron chi connectivity index (χ1n) is 8.84. The van der Waals surface area contributed by atoms with Gasteiger partial charge in [-0.25, -0.2) is 4.79 Å². The SMILES string of the molecule is Cc1ccc2nc3c(c(C(=O)OCC(=O)NC(C)C)c2c1)CCCC3. The van der Waals surface area contributed by atoms with E-state index in [0.717, 1.165) is 53.4 Å². The molecule has 1 heterocycles. The van der Waals surface area contributed by atoms with Crippen LogP contribution in [0.15, 0.2) is 18.2 Å². The van der Waals surface area contributed by atoms with Gasteiger partial charge in [0.25, 0.3) is 5.91 Å². The standard InChI is InChI=1S/C20H24N2O3/c1-12(2)21-18(23)11-25-20(24)19-14-6-4-5-7-16(14)22-17-9-8-13(3)10-15(17)19/h8-10,12H,4-7,11H2,1-3H3,(H,21,23). The number of ether oxygens (including phenoxy) is 1. The molecule has 0 fully saturated rings. The Morgan fingerprint density at radius 2 is 2.00 bits per heavy atom. The van der Waals surface area contributed by atoms with Gasteiger partial charge in [0.1, 0.15) is 0 Å². The Morgan fingerprint density at radius 3 is 2.76 bits per heavy atom. The predicted octanol–water partition coefficient (Wildman–Crippen LogP) is 3.10. The maximum Gasteiger partial charge on any atom is 0.339 e. The molecular weight excluding hydrogens is 316 g/mol. The normalized spacial score (nSPS) is 13.6. The monoisotopic (exact) mass is 340 g/mol. The van der Waals surface area contributed by atoms with Crippen LogP contribution in [0.1, 0.15) is 53.9 Å². The molecule has 1 aliphatic rings. The summed E-state index contributed by atoms with van der Waals surface area (Å²) >= 11 is 0. The minimum Gasteiger partial charge on any atom is -0.452 e. The first-order chi connectivity index (χ1) is 12.0. The van der Waals surface area contributed by atoms with Gasteiger partial charge in [-0.1, -0.05) is 11.6 Å². The summed E-state index contributed by atoms with van der Waals surface area (Å²) in [6.45, 7) is 5.47. The van der Waals surface area contributed by atoms with Gasteiger partial charge in [-0.3, -0.25) is 9.78 Å². The van der Waals surface area contributed by atoms with E-state index in [1.165, 1.54) is 0 Å². The van der Waals surface area contributed by atoms with Gasteiger partial charge in [-0.2, -0.15) is 0 Å². The van der Waals surface area contributed by atoms with Gasteiger partial charge in [0, 0.05) is 17.1 Å². The molecule has 0 atom stereocenters. The fraction of sp³-hybridized carbons (Fsp3) is 0.450. The third kappa shape index (κ3) is 3.81. The van der Waals surface area contributed by atoms with Crippen LogP contribution in [0.4, 0.5) is 0 Å². The van der Waals surface area contributed by atoms with Crippen molar-refractivity contribution in [2.45, 2.75) is 52.5 Å². The highest BCUT2D eigenvalue weighted by Gasteiger charge is 2.24. The second-order valence-electron chi connectivity index (χ2n) is 6.94. The maximum atomic E-state index is 12.8. The Hall–Kier alpha value is -2.43. The van der Waals surface area contributed by atoms with Crippen LogP contribution in [0.2, 0.25) is 0 Å². The zero-order valence-electron chi connectivity index (χ0n) is 15.0. The number of carbonyl (C=O) groups is 2. The van der Waals surface area contributed by atoms with Gasteiger partial charge < -0.3 is 10.1 Å². The minimum absolute atomic E-state index is 0.0170. The number of hydrogen-bond acceptors (Lipinski definition) is 4. The summed E-state index contributed by atoms with van der Waals surface area (Å²) in [5.41, 5.74) is 4.43. The molecular formula is C20H24N2O3. The molecule has 0 unspecified atom stereocenters. The summed E-state index contributed by atoms with van der Waals surface area (Å²) in [5, 5.41) is 3.54. The Morgan fingerprint density at radius 1 is 1.24 bits per heavy atom. The van der Waals surface area contributed by atoms with Crippen LogP contribution in [0.5, 0.6) is 0 Å². The lowest BCUT2D eigenvalue weighted by Gasteiger charge is -2.20. The first kappa shape index (κ1) is 17.4. The van der Waals surface area contributed by atoms with Crippen LogP contribution in [-0.4, -0.2) is 29.5 Å². The smallest absolute Gasteiger partial charge is 0.339 e. The second-order valence-corrected chi connectivity index (χ2v) is 6.94. The van der Waals surface area contributed by atoms with E-state index in [1.54, 1.807) is 0 Å². The van der Waals surface area contributed by atoms with Crippen molar-refractivity contribution in [1.82, 2.24) is 10.3 Å². The molecule has 0 saturated heterocycles. The molecule has 0 bridgehead atoms. The van der Waals surface area contributed by atoms with E-state index in [4.69, 9.17) is 9.72 Å². The van der Waals surface area contributed by atoms with Gasteiger partial charge >= 0.3 is 5.97 Å².